The molecule has 0 aliphatic carbocycles. The maximum absolute atomic E-state index is 11.7. The molecule has 18 heavy (non-hydrogen) atoms. The van der Waals surface area contributed by atoms with Crippen LogP contribution in [0.4, 0.5) is 0 Å². The molecular weight excluding hydrogens is 270 g/mol. The van der Waals surface area contributed by atoms with E-state index < -0.39 is 0 Å². The van der Waals surface area contributed by atoms with Crippen molar-refractivity contribution in [1.82, 2.24) is 4.90 Å². The van der Waals surface area contributed by atoms with Gasteiger partial charge in [0.15, 0.2) is 0 Å². The molecule has 1 amide bonds. The first-order valence-corrected chi connectivity index (χ1v) is 7.43. The summed E-state index contributed by atoms with van der Waals surface area (Å²) in [7, 11) is 0. The number of benzene rings is 1. The molecule has 0 atom stereocenters. The highest BCUT2D eigenvalue weighted by Gasteiger charge is 2.29. The summed E-state index contributed by atoms with van der Waals surface area (Å²) in [5.41, 5.74) is 1.18. The molecule has 0 aromatic heterocycles. The number of carbonyl (C=O) groups excluding carboxylic acids is 1. The van der Waals surface area contributed by atoms with E-state index in [1.165, 1.54) is 5.56 Å². The first kappa shape index (κ1) is 13.7. The maximum Gasteiger partial charge on any atom is 0.232 e. The monoisotopic (exact) mass is 285 g/mol. The average Bonchev–Trinajstić information content (AvgIpc) is 2.30. The molecule has 1 aliphatic heterocycles. The number of aliphatic hydroxyl groups is 1. The zero-order valence-corrected chi connectivity index (χ0v) is 11.6. The van der Waals surface area contributed by atoms with Crippen LogP contribution in [0.15, 0.2) is 24.3 Å². The van der Waals surface area contributed by atoms with Crippen molar-refractivity contribution in [1.29, 1.82) is 0 Å². The van der Waals surface area contributed by atoms with E-state index in [4.69, 9.17) is 16.7 Å². The van der Waals surface area contributed by atoms with Crippen LogP contribution in [-0.4, -0.2) is 41.4 Å². The topological polar surface area (TPSA) is 40.5 Å². The molecular formula is C13H16ClNO2S. The lowest BCUT2D eigenvalue weighted by Gasteiger charge is -2.38. The smallest absolute Gasteiger partial charge is 0.232 e. The summed E-state index contributed by atoms with van der Waals surface area (Å²) < 4.78 is 0. The predicted molar refractivity (Wildman–Crippen MR) is 74.8 cm³/mol. The molecule has 1 saturated heterocycles. The first-order chi connectivity index (χ1) is 8.69. The number of halogens is 1. The Kier molecular flexibility index (Phi) is 4.92. The molecule has 1 heterocycles. The molecule has 1 N–H and O–H groups in total. The SMILES string of the molecule is O=C(CSCc1ccc(Cl)cc1)N1CC(CO)C1. The number of carbonyl (C=O) groups is 1. The van der Waals surface area contributed by atoms with Crippen molar-refractivity contribution in [2.75, 3.05) is 25.4 Å². The van der Waals surface area contributed by atoms with E-state index in [-0.39, 0.29) is 18.4 Å². The Morgan fingerprint density at radius 2 is 2.06 bits per heavy atom. The third-order valence-corrected chi connectivity index (χ3v) is 4.22. The number of rotatable bonds is 5. The zero-order chi connectivity index (χ0) is 13.0. The first-order valence-electron chi connectivity index (χ1n) is 5.90. The Morgan fingerprint density at radius 3 is 2.67 bits per heavy atom. The lowest BCUT2D eigenvalue weighted by Crippen LogP contribution is -2.51. The van der Waals surface area contributed by atoms with Gasteiger partial charge in [-0.2, -0.15) is 0 Å². The van der Waals surface area contributed by atoms with E-state index >= 15 is 0 Å². The van der Waals surface area contributed by atoms with Gasteiger partial charge in [0.25, 0.3) is 0 Å². The molecule has 0 spiro atoms. The van der Waals surface area contributed by atoms with Crippen LogP contribution in [0, 0.1) is 5.92 Å². The minimum Gasteiger partial charge on any atom is -0.396 e. The normalized spacial score (nSPS) is 15.6. The van der Waals surface area contributed by atoms with Gasteiger partial charge in [-0.25, -0.2) is 0 Å². The Balaban J connectivity index is 1.66. The second kappa shape index (κ2) is 6.45. The van der Waals surface area contributed by atoms with Crippen LogP contribution < -0.4 is 0 Å². The quantitative estimate of drug-likeness (QED) is 0.900. The molecule has 5 heteroatoms. The standard InChI is InChI=1S/C13H16ClNO2S/c14-12-3-1-10(2-4-12)8-18-9-13(17)15-5-11(6-15)7-16/h1-4,11,16H,5-9H2. The van der Waals surface area contributed by atoms with Gasteiger partial charge in [0, 0.05) is 36.4 Å². The Morgan fingerprint density at radius 1 is 1.39 bits per heavy atom. The van der Waals surface area contributed by atoms with Crippen LogP contribution in [0.5, 0.6) is 0 Å². The highest BCUT2D eigenvalue weighted by Crippen LogP contribution is 2.19. The summed E-state index contributed by atoms with van der Waals surface area (Å²) in [6.07, 6.45) is 0. The van der Waals surface area contributed by atoms with Crippen LogP contribution in [0.3, 0.4) is 0 Å². The Bertz CT molecular complexity index is 404. The van der Waals surface area contributed by atoms with Crippen molar-refractivity contribution in [3.05, 3.63) is 34.9 Å². The van der Waals surface area contributed by atoms with Crippen molar-refractivity contribution in [3.8, 4) is 0 Å². The van der Waals surface area contributed by atoms with Crippen LogP contribution in [-0.2, 0) is 10.5 Å². The molecule has 2 rings (SSSR count). The number of thioether (sulfide) groups is 1. The number of aliphatic hydroxyl groups excluding tert-OH is 1. The predicted octanol–water partition coefficient (Wildman–Crippen LogP) is 2.02. The van der Waals surface area contributed by atoms with Gasteiger partial charge in [0.1, 0.15) is 0 Å². The van der Waals surface area contributed by atoms with Gasteiger partial charge in [-0.1, -0.05) is 23.7 Å². The van der Waals surface area contributed by atoms with Gasteiger partial charge in [0.05, 0.1) is 5.75 Å². The molecule has 1 aliphatic rings. The molecule has 0 unspecified atom stereocenters. The van der Waals surface area contributed by atoms with Gasteiger partial charge in [-0.05, 0) is 17.7 Å². The minimum atomic E-state index is 0.165. The van der Waals surface area contributed by atoms with Crippen molar-refractivity contribution >= 4 is 29.3 Å². The molecule has 98 valence electrons. The molecule has 3 nitrogen and oxygen atoms in total. The van der Waals surface area contributed by atoms with Crippen LogP contribution in [0.25, 0.3) is 0 Å². The van der Waals surface area contributed by atoms with Gasteiger partial charge < -0.3 is 10.0 Å². The lowest BCUT2D eigenvalue weighted by molar-refractivity contribution is -0.135. The van der Waals surface area contributed by atoms with E-state index in [1.54, 1.807) is 16.7 Å². The Hall–Kier alpha value is -0.710. The number of nitrogens with zero attached hydrogens (tertiary/aromatic N) is 1. The number of hydrogen-bond donors (Lipinski definition) is 1. The molecule has 0 saturated carbocycles. The second-order valence-electron chi connectivity index (χ2n) is 4.47. The van der Waals surface area contributed by atoms with Crippen molar-refractivity contribution in [3.63, 3.8) is 0 Å². The van der Waals surface area contributed by atoms with E-state index in [0.717, 1.165) is 10.8 Å². The van der Waals surface area contributed by atoms with Gasteiger partial charge in [-0.15, -0.1) is 11.8 Å². The van der Waals surface area contributed by atoms with E-state index in [1.807, 2.05) is 24.3 Å². The van der Waals surface area contributed by atoms with Gasteiger partial charge in [0.2, 0.25) is 5.91 Å². The summed E-state index contributed by atoms with van der Waals surface area (Å²) in [5.74, 6) is 1.77. The van der Waals surface area contributed by atoms with Crippen LogP contribution in [0.1, 0.15) is 5.56 Å². The summed E-state index contributed by atoms with van der Waals surface area (Å²) in [6.45, 7) is 1.59. The molecule has 1 aromatic carbocycles. The van der Waals surface area contributed by atoms with Crippen molar-refractivity contribution < 1.29 is 9.90 Å². The fourth-order valence-electron chi connectivity index (χ4n) is 1.82. The van der Waals surface area contributed by atoms with Crippen LogP contribution >= 0.6 is 23.4 Å². The third kappa shape index (κ3) is 3.64. The molecule has 1 aromatic rings. The number of hydrogen-bond acceptors (Lipinski definition) is 3. The molecule has 0 bridgehead atoms. The largest absolute Gasteiger partial charge is 0.396 e. The Labute approximate surface area is 116 Å². The summed E-state index contributed by atoms with van der Waals surface area (Å²) in [5, 5.41) is 9.61. The average molecular weight is 286 g/mol. The summed E-state index contributed by atoms with van der Waals surface area (Å²) >= 11 is 7.41. The minimum absolute atomic E-state index is 0.165. The fraction of sp³-hybridized carbons (Fsp3) is 0.462. The second-order valence-corrected chi connectivity index (χ2v) is 5.89. The zero-order valence-electron chi connectivity index (χ0n) is 10.0. The fourth-order valence-corrected chi connectivity index (χ4v) is 2.83. The van der Waals surface area contributed by atoms with Crippen LogP contribution in [0.2, 0.25) is 5.02 Å². The molecule has 0 radical (unpaired) electrons. The van der Waals surface area contributed by atoms with Gasteiger partial charge >= 0.3 is 0 Å². The third-order valence-electron chi connectivity index (χ3n) is 2.98. The van der Waals surface area contributed by atoms with Crippen molar-refractivity contribution in [2.24, 2.45) is 5.92 Å². The maximum atomic E-state index is 11.7. The van der Waals surface area contributed by atoms with E-state index in [2.05, 4.69) is 0 Å². The number of likely N-dealkylation sites (tertiary alicyclic amines) is 1. The summed E-state index contributed by atoms with van der Waals surface area (Å²) in [4.78, 5) is 13.5. The lowest BCUT2D eigenvalue weighted by atomic mass is 10.0. The van der Waals surface area contributed by atoms with Gasteiger partial charge in [-0.3, -0.25) is 4.79 Å². The highest BCUT2D eigenvalue weighted by atomic mass is 35.5. The van der Waals surface area contributed by atoms with E-state index in [9.17, 15) is 4.79 Å². The molecule has 1 fully saturated rings. The highest BCUT2D eigenvalue weighted by molar-refractivity contribution is 7.99. The van der Waals surface area contributed by atoms with Crippen molar-refractivity contribution in [2.45, 2.75) is 5.75 Å². The number of amides is 1. The summed E-state index contributed by atoms with van der Waals surface area (Å²) in [6, 6.07) is 7.68. The van der Waals surface area contributed by atoms with E-state index in [0.29, 0.717) is 18.8 Å².